The zero-order chi connectivity index (χ0) is 17.2. The highest BCUT2D eigenvalue weighted by atomic mass is 32.2. The van der Waals surface area contributed by atoms with Gasteiger partial charge in [0, 0.05) is 32.2 Å². The molecule has 128 valence electrons. The first-order chi connectivity index (χ1) is 11.5. The van der Waals surface area contributed by atoms with Gasteiger partial charge in [0.05, 0.1) is 4.90 Å². The summed E-state index contributed by atoms with van der Waals surface area (Å²) in [6.45, 7) is 4.30. The van der Waals surface area contributed by atoms with Gasteiger partial charge in [-0.2, -0.15) is 4.31 Å². The minimum absolute atomic E-state index is 0.132. The van der Waals surface area contributed by atoms with Gasteiger partial charge < -0.3 is 0 Å². The molecule has 0 aromatic heterocycles. The third-order valence-electron chi connectivity index (χ3n) is 4.55. The molecule has 0 amide bonds. The quantitative estimate of drug-likeness (QED) is 0.853. The summed E-state index contributed by atoms with van der Waals surface area (Å²) in [4.78, 5) is 2.56. The zero-order valence-corrected chi connectivity index (χ0v) is 14.4. The molecule has 0 bridgehead atoms. The molecule has 4 nitrogen and oxygen atoms in total. The van der Waals surface area contributed by atoms with Crippen LogP contribution < -0.4 is 0 Å². The van der Waals surface area contributed by atoms with Gasteiger partial charge in [0.1, 0.15) is 5.82 Å². The van der Waals surface area contributed by atoms with Gasteiger partial charge in [-0.05, 0) is 36.8 Å². The number of nitrogens with zero attached hydrogens (tertiary/aromatic N) is 2. The van der Waals surface area contributed by atoms with E-state index in [1.165, 1.54) is 16.4 Å². The van der Waals surface area contributed by atoms with Crippen LogP contribution in [0.1, 0.15) is 18.5 Å². The number of sulfonamides is 1. The molecule has 24 heavy (non-hydrogen) atoms. The van der Waals surface area contributed by atoms with E-state index in [0.717, 1.165) is 5.56 Å². The number of hydrogen-bond acceptors (Lipinski definition) is 3. The third-order valence-corrected chi connectivity index (χ3v) is 6.47. The molecule has 0 spiro atoms. The van der Waals surface area contributed by atoms with E-state index in [2.05, 4.69) is 11.8 Å². The van der Waals surface area contributed by atoms with Crippen LogP contribution in [0.5, 0.6) is 0 Å². The first kappa shape index (κ1) is 17.1. The van der Waals surface area contributed by atoms with Gasteiger partial charge >= 0.3 is 0 Å². The van der Waals surface area contributed by atoms with Crippen molar-refractivity contribution in [1.82, 2.24) is 9.21 Å². The molecule has 2 aromatic rings. The molecule has 1 heterocycles. The summed E-state index contributed by atoms with van der Waals surface area (Å²) < 4.78 is 39.9. The van der Waals surface area contributed by atoms with E-state index < -0.39 is 10.0 Å². The standard InChI is InChI=1S/C18H21FN2O2S/c1-15(16-7-9-17(19)10-8-16)20-11-13-21(14-12-20)24(22,23)18-5-3-2-4-6-18/h2-10,15H,11-14H2,1H3/t15-/m1/s1. The summed E-state index contributed by atoms with van der Waals surface area (Å²) in [6, 6.07) is 15.2. The summed E-state index contributed by atoms with van der Waals surface area (Å²) in [7, 11) is -3.42. The van der Waals surface area contributed by atoms with Crippen LogP contribution in [0, 0.1) is 5.82 Å². The largest absolute Gasteiger partial charge is 0.294 e. The van der Waals surface area contributed by atoms with E-state index in [0.29, 0.717) is 31.1 Å². The average Bonchev–Trinajstić information content (AvgIpc) is 2.62. The lowest BCUT2D eigenvalue weighted by Gasteiger charge is -2.37. The van der Waals surface area contributed by atoms with Gasteiger partial charge in [-0.1, -0.05) is 30.3 Å². The van der Waals surface area contributed by atoms with Gasteiger partial charge in [0.25, 0.3) is 0 Å². The molecule has 0 unspecified atom stereocenters. The highest BCUT2D eigenvalue weighted by molar-refractivity contribution is 7.89. The first-order valence-electron chi connectivity index (χ1n) is 8.03. The smallest absolute Gasteiger partial charge is 0.243 e. The third kappa shape index (κ3) is 3.50. The van der Waals surface area contributed by atoms with Crippen molar-refractivity contribution in [2.75, 3.05) is 26.2 Å². The maximum absolute atomic E-state index is 13.0. The van der Waals surface area contributed by atoms with E-state index in [1.54, 1.807) is 42.5 Å². The predicted molar refractivity (Wildman–Crippen MR) is 91.6 cm³/mol. The fourth-order valence-corrected chi connectivity index (χ4v) is 4.47. The van der Waals surface area contributed by atoms with Crippen LogP contribution in [0.25, 0.3) is 0 Å². The van der Waals surface area contributed by atoms with Crippen LogP contribution >= 0.6 is 0 Å². The van der Waals surface area contributed by atoms with Gasteiger partial charge in [-0.25, -0.2) is 12.8 Å². The topological polar surface area (TPSA) is 40.6 Å². The van der Waals surface area contributed by atoms with Crippen molar-refractivity contribution < 1.29 is 12.8 Å². The van der Waals surface area contributed by atoms with Crippen molar-refractivity contribution in [2.24, 2.45) is 0 Å². The van der Waals surface area contributed by atoms with Gasteiger partial charge in [-0.15, -0.1) is 0 Å². The molecule has 6 heteroatoms. The molecular formula is C18H21FN2O2S. The Hall–Kier alpha value is -1.76. The molecule has 1 saturated heterocycles. The Labute approximate surface area is 142 Å². The molecule has 0 aliphatic carbocycles. The molecule has 0 radical (unpaired) electrons. The SMILES string of the molecule is C[C@H](c1ccc(F)cc1)N1CCN(S(=O)(=O)c2ccccc2)CC1. The van der Waals surface area contributed by atoms with Crippen LogP contribution in [0.2, 0.25) is 0 Å². The number of halogens is 1. The summed E-state index contributed by atoms with van der Waals surface area (Å²) >= 11 is 0. The average molecular weight is 348 g/mol. The van der Waals surface area contributed by atoms with E-state index in [9.17, 15) is 12.8 Å². The predicted octanol–water partition coefficient (Wildman–Crippen LogP) is 2.89. The highest BCUT2D eigenvalue weighted by Gasteiger charge is 2.30. The Morgan fingerprint density at radius 2 is 1.50 bits per heavy atom. The van der Waals surface area contributed by atoms with Crippen LogP contribution in [0.3, 0.4) is 0 Å². The Balaban J connectivity index is 1.66. The molecule has 1 aliphatic rings. The van der Waals surface area contributed by atoms with E-state index in [-0.39, 0.29) is 11.9 Å². The van der Waals surface area contributed by atoms with Crippen LogP contribution in [0.4, 0.5) is 4.39 Å². The van der Waals surface area contributed by atoms with Crippen molar-refractivity contribution >= 4 is 10.0 Å². The number of piperazine rings is 1. The van der Waals surface area contributed by atoms with Gasteiger partial charge in [0.2, 0.25) is 10.0 Å². The minimum Gasteiger partial charge on any atom is -0.294 e. The second-order valence-electron chi connectivity index (χ2n) is 5.98. The summed E-state index contributed by atoms with van der Waals surface area (Å²) in [5.74, 6) is -0.246. The van der Waals surface area contributed by atoms with Crippen molar-refractivity contribution in [1.29, 1.82) is 0 Å². The van der Waals surface area contributed by atoms with E-state index >= 15 is 0 Å². The Morgan fingerprint density at radius 1 is 0.917 bits per heavy atom. The van der Waals surface area contributed by atoms with Crippen molar-refractivity contribution in [3.05, 3.63) is 66.0 Å². The van der Waals surface area contributed by atoms with Gasteiger partial charge in [-0.3, -0.25) is 4.90 Å². The monoisotopic (exact) mass is 348 g/mol. The van der Waals surface area contributed by atoms with Crippen LogP contribution in [0.15, 0.2) is 59.5 Å². The summed E-state index contributed by atoms with van der Waals surface area (Å²) in [5.41, 5.74) is 1.04. The molecule has 1 aliphatic heterocycles. The molecule has 1 fully saturated rings. The van der Waals surface area contributed by atoms with E-state index in [1.807, 2.05) is 0 Å². The summed E-state index contributed by atoms with van der Waals surface area (Å²) in [5, 5.41) is 0. The number of hydrogen-bond donors (Lipinski definition) is 0. The fraction of sp³-hybridized carbons (Fsp3) is 0.333. The normalized spacial score (nSPS) is 18.4. The first-order valence-corrected chi connectivity index (χ1v) is 9.47. The molecule has 1 atom stereocenters. The number of benzene rings is 2. The van der Waals surface area contributed by atoms with E-state index in [4.69, 9.17) is 0 Å². The highest BCUT2D eigenvalue weighted by Crippen LogP contribution is 2.24. The maximum Gasteiger partial charge on any atom is 0.243 e. The minimum atomic E-state index is -3.42. The second kappa shape index (κ2) is 7.01. The van der Waals surface area contributed by atoms with Crippen LogP contribution in [-0.4, -0.2) is 43.8 Å². The lowest BCUT2D eigenvalue weighted by atomic mass is 10.1. The summed E-state index contributed by atoms with van der Waals surface area (Å²) in [6.07, 6.45) is 0. The van der Waals surface area contributed by atoms with Gasteiger partial charge in [0.15, 0.2) is 0 Å². The molecule has 0 N–H and O–H groups in total. The zero-order valence-electron chi connectivity index (χ0n) is 13.6. The lowest BCUT2D eigenvalue weighted by molar-refractivity contribution is 0.146. The Bertz CT molecular complexity index is 770. The fourth-order valence-electron chi connectivity index (χ4n) is 3.02. The molecular weight excluding hydrogens is 327 g/mol. The van der Waals surface area contributed by atoms with Crippen LogP contribution in [-0.2, 0) is 10.0 Å². The van der Waals surface area contributed by atoms with Crippen molar-refractivity contribution in [3.8, 4) is 0 Å². The lowest BCUT2D eigenvalue weighted by Crippen LogP contribution is -2.49. The second-order valence-corrected chi connectivity index (χ2v) is 7.92. The number of rotatable bonds is 4. The Morgan fingerprint density at radius 3 is 2.08 bits per heavy atom. The molecule has 0 saturated carbocycles. The maximum atomic E-state index is 13.0. The molecule has 2 aromatic carbocycles. The molecule has 3 rings (SSSR count). The Kier molecular flexibility index (Phi) is 4.99. The van der Waals surface area contributed by atoms with Crippen molar-refractivity contribution in [3.63, 3.8) is 0 Å². The van der Waals surface area contributed by atoms with Crippen molar-refractivity contribution in [2.45, 2.75) is 17.9 Å².